The van der Waals surface area contributed by atoms with Crippen molar-refractivity contribution in [2.45, 2.75) is 69.9 Å². The van der Waals surface area contributed by atoms with Gasteiger partial charge in [0.1, 0.15) is 11.4 Å². The Morgan fingerprint density at radius 3 is 2.58 bits per heavy atom. The summed E-state index contributed by atoms with van der Waals surface area (Å²) in [4.78, 5) is 14.7. The molecule has 1 heterocycles. The van der Waals surface area contributed by atoms with Gasteiger partial charge in [0.15, 0.2) is 0 Å². The maximum atomic E-state index is 13.3. The average Bonchev–Trinajstić information content (AvgIpc) is 2.67. The number of aliphatic hydroxyl groups excluding tert-OH is 1. The highest BCUT2D eigenvalue weighted by Gasteiger charge is 2.44. The lowest BCUT2D eigenvalue weighted by Gasteiger charge is -2.45. The molecule has 1 aromatic rings. The number of ether oxygens (including phenoxy) is 1. The first kappa shape index (κ1) is 19.2. The fraction of sp³-hybridized carbons (Fsp3) is 0.667. The zero-order chi connectivity index (χ0) is 18.6. The molecule has 0 bridgehead atoms. The van der Waals surface area contributed by atoms with Gasteiger partial charge in [-0.3, -0.25) is 0 Å². The normalized spacial score (nSPS) is 25.8. The SMILES string of the molecule is C[C@@H](C1CCCCC1)N1CCC(CCCO)(c2ccc(F)cc2)OC1=O. The lowest BCUT2D eigenvalue weighted by atomic mass is 9.82. The Morgan fingerprint density at radius 1 is 1.27 bits per heavy atom. The summed E-state index contributed by atoms with van der Waals surface area (Å²) in [6, 6.07) is 6.38. The van der Waals surface area contributed by atoms with E-state index in [2.05, 4.69) is 6.92 Å². The Bertz CT molecular complexity index is 600. The van der Waals surface area contributed by atoms with E-state index in [9.17, 15) is 14.3 Å². The van der Waals surface area contributed by atoms with Crippen LogP contribution in [0, 0.1) is 11.7 Å². The van der Waals surface area contributed by atoms with Crippen LogP contribution in [0.3, 0.4) is 0 Å². The van der Waals surface area contributed by atoms with Crippen molar-refractivity contribution in [2.24, 2.45) is 5.92 Å². The van der Waals surface area contributed by atoms with Gasteiger partial charge in [-0.15, -0.1) is 0 Å². The Balaban J connectivity index is 1.75. The van der Waals surface area contributed by atoms with Gasteiger partial charge in [0.2, 0.25) is 0 Å². The van der Waals surface area contributed by atoms with Crippen molar-refractivity contribution in [2.75, 3.05) is 13.2 Å². The fourth-order valence-corrected chi connectivity index (χ4v) is 4.55. The maximum Gasteiger partial charge on any atom is 0.410 e. The number of halogens is 1. The number of carbonyl (C=O) groups excluding carboxylic acids is 1. The number of cyclic esters (lactones) is 1. The van der Waals surface area contributed by atoms with Crippen LogP contribution in [-0.2, 0) is 10.3 Å². The molecule has 144 valence electrons. The predicted octanol–water partition coefficient (Wildman–Crippen LogP) is 4.60. The number of benzene rings is 1. The first-order chi connectivity index (χ1) is 12.6. The van der Waals surface area contributed by atoms with E-state index in [1.807, 2.05) is 4.90 Å². The molecule has 1 N–H and O–H groups in total. The zero-order valence-corrected chi connectivity index (χ0v) is 15.6. The second-order valence-corrected chi connectivity index (χ2v) is 7.78. The molecular formula is C21H30FNO3. The van der Waals surface area contributed by atoms with Crippen LogP contribution in [-0.4, -0.2) is 35.3 Å². The van der Waals surface area contributed by atoms with E-state index in [1.165, 1.54) is 44.2 Å². The van der Waals surface area contributed by atoms with Gasteiger partial charge >= 0.3 is 6.09 Å². The van der Waals surface area contributed by atoms with Crippen LogP contribution in [0.1, 0.15) is 63.9 Å². The molecule has 26 heavy (non-hydrogen) atoms. The molecule has 5 heteroatoms. The van der Waals surface area contributed by atoms with Crippen molar-refractivity contribution in [3.63, 3.8) is 0 Å². The highest BCUT2D eigenvalue weighted by atomic mass is 19.1. The number of hydrogen-bond donors (Lipinski definition) is 1. The van der Waals surface area contributed by atoms with Crippen molar-refractivity contribution < 1.29 is 19.0 Å². The zero-order valence-electron chi connectivity index (χ0n) is 15.6. The number of carbonyl (C=O) groups is 1. The van der Waals surface area contributed by atoms with E-state index in [-0.39, 0.29) is 24.6 Å². The standard InChI is InChI=1S/C21H30FNO3/c1-16(17-6-3-2-4-7-17)23-14-13-21(12-5-15-24,26-20(23)25)18-8-10-19(22)11-9-18/h8-11,16-17,24H,2-7,12-15H2,1H3/t16-,21?/m0/s1. The highest BCUT2D eigenvalue weighted by molar-refractivity contribution is 5.70. The molecule has 1 aliphatic heterocycles. The third kappa shape index (κ3) is 4.03. The maximum absolute atomic E-state index is 13.3. The van der Waals surface area contributed by atoms with Gasteiger partial charge in [-0.25, -0.2) is 9.18 Å². The molecule has 0 aromatic heterocycles. The summed E-state index contributed by atoms with van der Waals surface area (Å²) in [5.74, 6) is 0.243. The van der Waals surface area contributed by atoms with Crippen LogP contribution in [0.15, 0.2) is 24.3 Å². The summed E-state index contributed by atoms with van der Waals surface area (Å²) >= 11 is 0. The third-order valence-electron chi connectivity index (χ3n) is 6.21. The second-order valence-electron chi connectivity index (χ2n) is 7.78. The first-order valence-electron chi connectivity index (χ1n) is 9.92. The van der Waals surface area contributed by atoms with Crippen LogP contribution in [0.4, 0.5) is 9.18 Å². The Morgan fingerprint density at radius 2 is 1.96 bits per heavy atom. The molecule has 1 saturated carbocycles. The monoisotopic (exact) mass is 363 g/mol. The summed E-state index contributed by atoms with van der Waals surface area (Å²) < 4.78 is 19.3. The van der Waals surface area contributed by atoms with Gasteiger partial charge in [0.25, 0.3) is 0 Å². The van der Waals surface area contributed by atoms with Crippen molar-refractivity contribution in [3.8, 4) is 0 Å². The van der Waals surface area contributed by atoms with Crippen LogP contribution >= 0.6 is 0 Å². The van der Waals surface area contributed by atoms with E-state index >= 15 is 0 Å². The predicted molar refractivity (Wildman–Crippen MR) is 98.2 cm³/mol. The molecule has 1 amide bonds. The molecule has 1 aromatic carbocycles. The highest BCUT2D eigenvalue weighted by Crippen LogP contribution is 2.40. The summed E-state index contributed by atoms with van der Waals surface area (Å²) in [6.45, 7) is 2.82. The molecule has 3 rings (SSSR count). The molecule has 2 atom stereocenters. The average molecular weight is 363 g/mol. The minimum atomic E-state index is -0.768. The Hall–Kier alpha value is -1.62. The number of amides is 1. The first-order valence-corrected chi connectivity index (χ1v) is 9.92. The number of aliphatic hydroxyl groups is 1. The lowest BCUT2D eigenvalue weighted by Crippen LogP contribution is -2.53. The summed E-state index contributed by atoms with van der Waals surface area (Å²) in [5.41, 5.74) is 0.0432. The van der Waals surface area contributed by atoms with E-state index in [4.69, 9.17) is 4.74 Å². The molecule has 1 aliphatic carbocycles. The second kappa shape index (κ2) is 8.38. The minimum Gasteiger partial charge on any atom is -0.438 e. The van der Waals surface area contributed by atoms with Gasteiger partial charge in [0, 0.05) is 25.6 Å². The molecule has 1 saturated heterocycles. The van der Waals surface area contributed by atoms with Gasteiger partial charge in [-0.2, -0.15) is 0 Å². The summed E-state index contributed by atoms with van der Waals surface area (Å²) in [6.07, 6.45) is 7.62. The van der Waals surface area contributed by atoms with E-state index in [0.717, 1.165) is 5.56 Å². The largest absolute Gasteiger partial charge is 0.438 e. The minimum absolute atomic E-state index is 0.0443. The van der Waals surface area contributed by atoms with Crippen LogP contribution in [0.2, 0.25) is 0 Å². The number of nitrogens with zero attached hydrogens (tertiary/aromatic N) is 1. The van der Waals surface area contributed by atoms with Crippen molar-refractivity contribution in [1.29, 1.82) is 0 Å². The van der Waals surface area contributed by atoms with Gasteiger partial charge in [-0.05, 0) is 56.2 Å². The summed E-state index contributed by atoms with van der Waals surface area (Å²) in [7, 11) is 0. The van der Waals surface area contributed by atoms with E-state index in [1.54, 1.807) is 12.1 Å². The summed E-state index contributed by atoms with van der Waals surface area (Å²) in [5, 5.41) is 9.27. The number of rotatable bonds is 6. The third-order valence-corrected chi connectivity index (χ3v) is 6.21. The lowest BCUT2D eigenvalue weighted by molar-refractivity contribution is -0.0731. The fourth-order valence-electron chi connectivity index (χ4n) is 4.55. The van der Waals surface area contributed by atoms with Crippen LogP contribution in [0.25, 0.3) is 0 Å². The Labute approximate surface area is 155 Å². The van der Waals surface area contributed by atoms with Crippen LogP contribution < -0.4 is 0 Å². The van der Waals surface area contributed by atoms with Crippen molar-refractivity contribution >= 4 is 6.09 Å². The van der Waals surface area contributed by atoms with Crippen LogP contribution in [0.5, 0.6) is 0 Å². The van der Waals surface area contributed by atoms with E-state index < -0.39 is 5.60 Å². The van der Waals surface area contributed by atoms with Gasteiger partial charge < -0.3 is 14.7 Å². The van der Waals surface area contributed by atoms with Crippen molar-refractivity contribution in [1.82, 2.24) is 4.90 Å². The molecule has 2 aliphatic rings. The van der Waals surface area contributed by atoms with Gasteiger partial charge in [0.05, 0.1) is 0 Å². The van der Waals surface area contributed by atoms with E-state index in [0.29, 0.717) is 31.7 Å². The molecule has 0 radical (unpaired) electrons. The smallest absolute Gasteiger partial charge is 0.410 e. The number of hydrogen-bond acceptors (Lipinski definition) is 3. The molecule has 0 spiro atoms. The molecule has 2 fully saturated rings. The quantitative estimate of drug-likeness (QED) is 0.803. The molecule has 1 unspecified atom stereocenters. The van der Waals surface area contributed by atoms with Gasteiger partial charge in [-0.1, -0.05) is 31.4 Å². The van der Waals surface area contributed by atoms with Crippen molar-refractivity contribution in [3.05, 3.63) is 35.6 Å². The topological polar surface area (TPSA) is 49.8 Å². The molecule has 4 nitrogen and oxygen atoms in total. The Kier molecular flexibility index (Phi) is 6.17. The molecular weight excluding hydrogens is 333 g/mol.